The summed E-state index contributed by atoms with van der Waals surface area (Å²) in [5.41, 5.74) is 3.51. The van der Waals surface area contributed by atoms with E-state index < -0.39 is 0 Å². The Labute approximate surface area is 112 Å². The van der Waals surface area contributed by atoms with Crippen molar-refractivity contribution < 1.29 is 0 Å². The summed E-state index contributed by atoms with van der Waals surface area (Å²) in [5.74, 6) is 1.52. The first-order valence-electron chi connectivity index (χ1n) is 6.91. The number of hydrogen-bond acceptors (Lipinski definition) is 2. The van der Waals surface area contributed by atoms with E-state index in [9.17, 15) is 0 Å². The van der Waals surface area contributed by atoms with E-state index in [1.165, 1.54) is 12.0 Å². The lowest BCUT2D eigenvalue weighted by molar-refractivity contribution is 0.432. The summed E-state index contributed by atoms with van der Waals surface area (Å²) in [5, 5.41) is 0. The van der Waals surface area contributed by atoms with Gasteiger partial charge in [-0.25, -0.2) is 9.97 Å². The molecule has 1 atom stereocenters. The molecule has 100 valence electrons. The molecule has 0 aliphatic carbocycles. The highest BCUT2D eigenvalue weighted by atomic mass is 14.8. The van der Waals surface area contributed by atoms with Gasteiger partial charge in [0.15, 0.2) is 0 Å². The van der Waals surface area contributed by atoms with Crippen molar-refractivity contribution in [1.82, 2.24) is 9.97 Å². The Morgan fingerprint density at radius 2 is 2.00 bits per heavy atom. The molecule has 0 aromatic carbocycles. The fourth-order valence-electron chi connectivity index (χ4n) is 2.43. The summed E-state index contributed by atoms with van der Waals surface area (Å²) < 4.78 is 0. The minimum atomic E-state index is 0.740. The van der Waals surface area contributed by atoms with Gasteiger partial charge in [0.25, 0.3) is 0 Å². The average molecular weight is 246 g/mol. The van der Waals surface area contributed by atoms with Gasteiger partial charge in [0.1, 0.15) is 6.33 Å². The van der Waals surface area contributed by atoms with Crippen molar-refractivity contribution in [2.24, 2.45) is 11.8 Å². The molecule has 18 heavy (non-hydrogen) atoms. The molecule has 0 N–H and O–H groups in total. The van der Waals surface area contributed by atoms with Crippen molar-refractivity contribution >= 4 is 0 Å². The normalized spacial score (nSPS) is 12.7. The Hall–Kier alpha value is -1.18. The van der Waals surface area contributed by atoms with Gasteiger partial charge in [0.2, 0.25) is 0 Å². The molecule has 1 aromatic rings. The van der Waals surface area contributed by atoms with E-state index in [0.717, 1.165) is 42.5 Å². The van der Waals surface area contributed by atoms with Gasteiger partial charge in [-0.05, 0) is 50.5 Å². The van der Waals surface area contributed by atoms with Crippen LogP contribution in [0.1, 0.15) is 51.4 Å². The fourth-order valence-corrected chi connectivity index (χ4v) is 2.43. The van der Waals surface area contributed by atoms with Crippen LogP contribution in [0.4, 0.5) is 0 Å². The zero-order chi connectivity index (χ0) is 13.5. The highest BCUT2D eigenvalue weighted by Gasteiger charge is 2.07. The molecule has 0 aliphatic rings. The van der Waals surface area contributed by atoms with Crippen molar-refractivity contribution in [3.8, 4) is 0 Å². The van der Waals surface area contributed by atoms with Crippen molar-refractivity contribution in [2.75, 3.05) is 0 Å². The summed E-state index contributed by atoms with van der Waals surface area (Å²) in [7, 11) is 0. The van der Waals surface area contributed by atoms with Gasteiger partial charge in [-0.15, -0.1) is 0 Å². The van der Waals surface area contributed by atoms with Gasteiger partial charge >= 0.3 is 0 Å². The smallest absolute Gasteiger partial charge is 0.115 e. The molecular weight excluding hydrogens is 220 g/mol. The molecule has 0 fully saturated rings. The number of rotatable bonds is 7. The third-order valence-electron chi connectivity index (χ3n) is 3.11. The minimum Gasteiger partial charge on any atom is -0.242 e. The first kappa shape index (κ1) is 14.9. The van der Waals surface area contributed by atoms with Crippen molar-refractivity contribution in [3.63, 3.8) is 0 Å². The number of aromatic nitrogens is 2. The molecule has 0 bridgehead atoms. The maximum Gasteiger partial charge on any atom is 0.115 e. The van der Waals surface area contributed by atoms with Crippen molar-refractivity contribution in [3.05, 3.63) is 35.9 Å². The van der Waals surface area contributed by atoms with E-state index in [-0.39, 0.29) is 0 Å². The Bertz CT molecular complexity index is 382. The second kappa shape index (κ2) is 7.30. The molecule has 0 aliphatic heterocycles. The molecule has 0 saturated heterocycles. The zero-order valence-corrected chi connectivity index (χ0v) is 12.2. The number of nitrogens with zero attached hydrogens (tertiary/aromatic N) is 2. The second-order valence-corrected chi connectivity index (χ2v) is 5.84. The standard InChI is InChI=1S/C16H26N2/c1-12(2)8-14(4)9-13(3)6-7-16-10-15(5)17-11-18-16/h10-12,14H,3,6-9H2,1-2,4-5H3. The van der Waals surface area contributed by atoms with Gasteiger partial charge in [-0.1, -0.05) is 32.9 Å². The van der Waals surface area contributed by atoms with Gasteiger partial charge in [0, 0.05) is 11.4 Å². The molecule has 0 radical (unpaired) electrons. The van der Waals surface area contributed by atoms with Crippen LogP contribution in [0.5, 0.6) is 0 Å². The van der Waals surface area contributed by atoms with Crippen LogP contribution in [-0.4, -0.2) is 9.97 Å². The Balaban J connectivity index is 2.33. The quantitative estimate of drug-likeness (QED) is 0.669. The SMILES string of the molecule is C=C(CCc1cc(C)ncn1)CC(C)CC(C)C. The Morgan fingerprint density at radius 3 is 2.61 bits per heavy atom. The van der Waals surface area contributed by atoms with Crippen LogP contribution in [0.3, 0.4) is 0 Å². The lowest BCUT2D eigenvalue weighted by Crippen LogP contribution is -2.02. The zero-order valence-electron chi connectivity index (χ0n) is 12.2. The molecule has 1 heterocycles. The van der Waals surface area contributed by atoms with Crippen LogP contribution in [0.25, 0.3) is 0 Å². The highest BCUT2D eigenvalue weighted by molar-refractivity contribution is 5.09. The molecule has 2 nitrogen and oxygen atoms in total. The van der Waals surface area contributed by atoms with Crippen LogP contribution in [0.2, 0.25) is 0 Å². The average Bonchev–Trinajstić information content (AvgIpc) is 2.25. The third-order valence-corrected chi connectivity index (χ3v) is 3.11. The van der Waals surface area contributed by atoms with E-state index in [2.05, 4.69) is 43.4 Å². The molecule has 2 heteroatoms. The Morgan fingerprint density at radius 1 is 1.28 bits per heavy atom. The molecular formula is C16H26N2. The van der Waals surface area contributed by atoms with E-state index in [1.54, 1.807) is 6.33 Å². The maximum atomic E-state index is 4.29. The molecule has 0 spiro atoms. The highest BCUT2D eigenvalue weighted by Crippen LogP contribution is 2.21. The predicted molar refractivity (Wildman–Crippen MR) is 77.5 cm³/mol. The summed E-state index contributed by atoms with van der Waals surface area (Å²) in [4.78, 5) is 8.40. The van der Waals surface area contributed by atoms with E-state index >= 15 is 0 Å². The monoisotopic (exact) mass is 246 g/mol. The summed E-state index contributed by atoms with van der Waals surface area (Å²) in [6, 6.07) is 2.06. The summed E-state index contributed by atoms with van der Waals surface area (Å²) in [6.07, 6.45) is 6.10. The Kier molecular flexibility index (Phi) is 6.03. The van der Waals surface area contributed by atoms with Crippen LogP contribution in [0, 0.1) is 18.8 Å². The predicted octanol–water partition coefficient (Wildman–Crippen LogP) is 4.35. The maximum absolute atomic E-state index is 4.29. The van der Waals surface area contributed by atoms with Crippen LogP contribution in [0.15, 0.2) is 24.5 Å². The largest absolute Gasteiger partial charge is 0.242 e. The molecule has 0 saturated carbocycles. The van der Waals surface area contributed by atoms with Crippen LogP contribution >= 0.6 is 0 Å². The second-order valence-electron chi connectivity index (χ2n) is 5.84. The molecule has 1 aromatic heterocycles. The van der Waals surface area contributed by atoms with Gasteiger partial charge < -0.3 is 0 Å². The van der Waals surface area contributed by atoms with Crippen LogP contribution < -0.4 is 0 Å². The van der Waals surface area contributed by atoms with E-state index in [1.807, 2.05) is 6.92 Å². The van der Waals surface area contributed by atoms with E-state index in [4.69, 9.17) is 0 Å². The van der Waals surface area contributed by atoms with Gasteiger partial charge in [-0.2, -0.15) is 0 Å². The number of aryl methyl sites for hydroxylation is 2. The van der Waals surface area contributed by atoms with Gasteiger partial charge in [-0.3, -0.25) is 0 Å². The lowest BCUT2D eigenvalue weighted by Gasteiger charge is -2.15. The van der Waals surface area contributed by atoms with Crippen molar-refractivity contribution in [2.45, 2.75) is 53.4 Å². The molecule has 1 rings (SSSR count). The molecule has 0 amide bonds. The summed E-state index contributed by atoms with van der Waals surface area (Å²) in [6.45, 7) is 13.1. The first-order valence-corrected chi connectivity index (χ1v) is 6.91. The third kappa shape index (κ3) is 5.95. The van der Waals surface area contributed by atoms with E-state index in [0.29, 0.717) is 0 Å². The summed E-state index contributed by atoms with van der Waals surface area (Å²) >= 11 is 0. The molecule has 1 unspecified atom stereocenters. The fraction of sp³-hybridized carbons (Fsp3) is 0.625. The number of allylic oxidation sites excluding steroid dienone is 1. The first-order chi connectivity index (χ1) is 8.47. The number of hydrogen-bond donors (Lipinski definition) is 0. The van der Waals surface area contributed by atoms with Crippen molar-refractivity contribution in [1.29, 1.82) is 0 Å². The lowest BCUT2D eigenvalue weighted by atomic mass is 9.91. The topological polar surface area (TPSA) is 25.8 Å². The minimum absolute atomic E-state index is 0.740. The van der Waals surface area contributed by atoms with Crippen LogP contribution in [-0.2, 0) is 6.42 Å². The van der Waals surface area contributed by atoms with Gasteiger partial charge in [0.05, 0.1) is 0 Å².